The van der Waals surface area contributed by atoms with Gasteiger partial charge in [0.1, 0.15) is 0 Å². The van der Waals surface area contributed by atoms with Gasteiger partial charge < -0.3 is 0 Å². The fraction of sp³-hybridized carbons (Fsp3) is 0.0556. The topological polar surface area (TPSA) is 17.1 Å². The van der Waals surface area contributed by atoms with Crippen molar-refractivity contribution in [3.8, 4) is 0 Å². The highest BCUT2D eigenvalue weighted by molar-refractivity contribution is 9.10. The number of carbonyl (C=O) groups is 1. The number of hydrogen-bond donors (Lipinski definition) is 0. The maximum absolute atomic E-state index is 12.7. The van der Waals surface area contributed by atoms with Crippen LogP contribution in [-0.2, 0) is 0 Å². The van der Waals surface area contributed by atoms with Crippen LogP contribution in [0.15, 0.2) is 65.1 Å². The first-order valence-electron chi connectivity index (χ1n) is 6.45. The first-order valence-corrected chi connectivity index (χ1v) is 7.25. The molecule has 0 spiro atoms. The summed E-state index contributed by atoms with van der Waals surface area (Å²) >= 11 is 3.53. The predicted molar refractivity (Wildman–Crippen MR) is 86.3 cm³/mol. The van der Waals surface area contributed by atoms with Crippen molar-refractivity contribution in [3.05, 3.63) is 81.8 Å². The van der Waals surface area contributed by atoms with Gasteiger partial charge in [-0.05, 0) is 29.8 Å². The summed E-state index contributed by atoms with van der Waals surface area (Å²) in [6.07, 6.45) is 0. The van der Waals surface area contributed by atoms with E-state index in [9.17, 15) is 4.79 Å². The lowest BCUT2D eigenvalue weighted by molar-refractivity contribution is 0.104. The van der Waals surface area contributed by atoms with E-state index in [1.807, 2.05) is 67.6 Å². The van der Waals surface area contributed by atoms with E-state index in [2.05, 4.69) is 15.9 Å². The van der Waals surface area contributed by atoms with Gasteiger partial charge in [0.05, 0.1) is 0 Å². The lowest BCUT2D eigenvalue weighted by atomic mass is 9.97. The smallest absolute Gasteiger partial charge is 0.193 e. The van der Waals surface area contributed by atoms with Crippen LogP contribution in [0.3, 0.4) is 0 Å². The SMILES string of the molecule is Cc1ccc(C(=O)c2ccc(Br)c3ccccc23)cc1. The van der Waals surface area contributed by atoms with Crippen molar-refractivity contribution in [2.45, 2.75) is 6.92 Å². The molecular weight excluding hydrogens is 312 g/mol. The van der Waals surface area contributed by atoms with Crippen molar-refractivity contribution < 1.29 is 4.79 Å². The van der Waals surface area contributed by atoms with Crippen LogP contribution < -0.4 is 0 Å². The van der Waals surface area contributed by atoms with Gasteiger partial charge in [-0.15, -0.1) is 0 Å². The van der Waals surface area contributed by atoms with Crippen LogP contribution >= 0.6 is 15.9 Å². The van der Waals surface area contributed by atoms with Crippen LogP contribution in [0.1, 0.15) is 21.5 Å². The Balaban J connectivity index is 2.17. The van der Waals surface area contributed by atoms with E-state index < -0.39 is 0 Å². The third-order valence-corrected chi connectivity index (χ3v) is 4.12. The quantitative estimate of drug-likeness (QED) is 0.596. The Morgan fingerprint density at radius 1 is 0.850 bits per heavy atom. The Morgan fingerprint density at radius 3 is 2.20 bits per heavy atom. The molecule has 98 valence electrons. The maximum Gasteiger partial charge on any atom is 0.193 e. The zero-order valence-corrected chi connectivity index (χ0v) is 12.6. The first kappa shape index (κ1) is 13.1. The molecule has 0 aliphatic rings. The second kappa shape index (κ2) is 5.22. The van der Waals surface area contributed by atoms with E-state index in [0.717, 1.165) is 31.9 Å². The minimum Gasteiger partial charge on any atom is -0.289 e. The summed E-state index contributed by atoms with van der Waals surface area (Å²) in [5.41, 5.74) is 2.62. The van der Waals surface area contributed by atoms with Gasteiger partial charge >= 0.3 is 0 Å². The summed E-state index contributed by atoms with van der Waals surface area (Å²) in [5, 5.41) is 2.04. The van der Waals surface area contributed by atoms with Crippen molar-refractivity contribution in [1.82, 2.24) is 0 Å². The molecule has 0 N–H and O–H groups in total. The van der Waals surface area contributed by atoms with E-state index >= 15 is 0 Å². The number of halogens is 1. The summed E-state index contributed by atoms with van der Waals surface area (Å²) in [6.45, 7) is 2.02. The highest BCUT2D eigenvalue weighted by Gasteiger charge is 2.13. The van der Waals surface area contributed by atoms with Crippen LogP contribution in [0, 0.1) is 6.92 Å². The zero-order chi connectivity index (χ0) is 14.1. The first-order chi connectivity index (χ1) is 9.66. The van der Waals surface area contributed by atoms with E-state index in [0.29, 0.717) is 0 Å². The molecule has 0 aromatic heterocycles. The van der Waals surface area contributed by atoms with Gasteiger partial charge in [0, 0.05) is 15.6 Å². The Kier molecular flexibility index (Phi) is 3.41. The van der Waals surface area contributed by atoms with Gasteiger partial charge in [0.2, 0.25) is 0 Å². The second-order valence-corrected chi connectivity index (χ2v) is 5.69. The molecule has 0 radical (unpaired) electrons. The summed E-state index contributed by atoms with van der Waals surface area (Å²) in [5.74, 6) is 0.0636. The van der Waals surface area contributed by atoms with Crippen LogP contribution in [0.25, 0.3) is 10.8 Å². The van der Waals surface area contributed by atoms with Gasteiger partial charge in [0.15, 0.2) is 5.78 Å². The molecule has 1 nitrogen and oxygen atoms in total. The van der Waals surface area contributed by atoms with Crippen molar-refractivity contribution in [2.24, 2.45) is 0 Å². The fourth-order valence-electron chi connectivity index (χ4n) is 2.32. The Hall–Kier alpha value is -1.93. The molecule has 2 heteroatoms. The molecule has 0 unspecified atom stereocenters. The summed E-state index contributed by atoms with van der Waals surface area (Å²) in [7, 11) is 0. The van der Waals surface area contributed by atoms with Crippen molar-refractivity contribution in [2.75, 3.05) is 0 Å². The van der Waals surface area contributed by atoms with Crippen molar-refractivity contribution in [1.29, 1.82) is 0 Å². The molecule has 0 fully saturated rings. The van der Waals surface area contributed by atoms with Crippen molar-refractivity contribution >= 4 is 32.5 Å². The highest BCUT2D eigenvalue weighted by Crippen LogP contribution is 2.28. The van der Waals surface area contributed by atoms with Crippen LogP contribution in [0.4, 0.5) is 0 Å². The molecular formula is C18H13BrO. The van der Waals surface area contributed by atoms with E-state index in [1.54, 1.807) is 0 Å². The van der Waals surface area contributed by atoms with E-state index in [1.165, 1.54) is 0 Å². The third-order valence-electron chi connectivity index (χ3n) is 3.43. The zero-order valence-electron chi connectivity index (χ0n) is 11.1. The summed E-state index contributed by atoms with van der Waals surface area (Å²) in [4.78, 5) is 12.7. The Labute approximate surface area is 126 Å². The molecule has 0 atom stereocenters. The van der Waals surface area contributed by atoms with Crippen LogP contribution in [-0.4, -0.2) is 5.78 Å². The fourth-order valence-corrected chi connectivity index (χ4v) is 2.80. The molecule has 0 aliphatic carbocycles. The molecule has 0 saturated carbocycles. The molecule has 0 amide bonds. The number of benzene rings is 3. The molecule has 0 heterocycles. The molecule has 3 aromatic carbocycles. The number of aryl methyl sites for hydroxylation is 1. The number of rotatable bonds is 2. The van der Waals surface area contributed by atoms with Gasteiger partial charge in [-0.1, -0.05) is 70.0 Å². The molecule has 0 aliphatic heterocycles. The van der Waals surface area contributed by atoms with Crippen LogP contribution in [0.2, 0.25) is 0 Å². The number of carbonyl (C=O) groups excluding carboxylic acids is 1. The lowest BCUT2D eigenvalue weighted by Crippen LogP contribution is -2.02. The molecule has 20 heavy (non-hydrogen) atoms. The Morgan fingerprint density at radius 2 is 1.50 bits per heavy atom. The highest BCUT2D eigenvalue weighted by atomic mass is 79.9. The monoisotopic (exact) mass is 324 g/mol. The number of hydrogen-bond acceptors (Lipinski definition) is 1. The van der Waals surface area contributed by atoms with Gasteiger partial charge in [-0.2, -0.15) is 0 Å². The number of fused-ring (bicyclic) bond motifs is 1. The van der Waals surface area contributed by atoms with Gasteiger partial charge in [0.25, 0.3) is 0 Å². The van der Waals surface area contributed by atoms with Crippen molar-refractivity contribution in [3.63, 3.8) is 0 Å². The minimum absolute atomic E-state index is 0.0636. The average Bonchev–Trinajstić information content (AvgIpc) is 2.48. The lowest BCUT2D eigenvalue weighted by Gasteiger charge is -2.08. The normalized spacial score (nSPS) is 10.7. The van der Waals surface area contributed by atoms with E-state index in [-0.39, 0.29) is 5.78 Å². The molecule has 3 rings (SSSR count). The predicted octanol–water partition coefficient (Wildman–Crippen LogP) is 5.14. The van der Waals surface area contributed by atoms with E-state index in [4.69, 9.17) is 0 Å². The molecule has 3 aromatic rings. The average molecular weight is 325 g/mol. The van der Waals surface area contributed by atoms with Gasteiger partial charge in [-0.25, -0.2) is 0 Å². The Bertz CT molecular complexity index is 788. The van der Waals surface area contributed by atoms with Gasteiger partial charge in [-0.3, -0.25) is 4.79 Å². The maximum atomic E-state index is 12.7. The minimum atomic E-state index is 0.0636. The second-order valence-electron chi connectivity index (χ2n) is 4.84. The molecule has 0 bridgehead atoms. The molecule has 0 saturated heterocycles. The standard InChI is InChI=1S/C18H13BrO/c1-12-6-8-13(9-7-12)18(20)16-10-11-17(19)15-5-3-2-4-14(15)16/h2-11H,1H3. The largest absolute Gasteiger partial charge is 0.289 e. The summed E-state index contributed by atoms with van der Waals surface area (Å²) in [6, 6.07) is 19.5. The number of ketones is 1. The van der Waals surface area contributed by atoms with Crippen LogP contribution in [0.5, 0.6) is 0 Å². The third kappa shape index (κ3) is 2.27. The summed E-state index contributed by atoms with van der Waals surface area (Å²) < 4.78 is 1.01.